The summed E-state index contributed by atoms with van der Waals surface area (Å²) in [6, 6.07) is 11.0. The number of hydrogen-bond donors (Lipinski definition) is 0. The van der Waals surface area contributed by atoms with E-state index in [4.69, 9.17) is 4.74 Å². The molecule has 4 unspecified atom stereocenters. The average molecular weight is 369 g/mol. The summed E-state index contributed by atoms with van der Waals surface area (Å²) in [5, 5.41) is 0. The highest BCUT2D eigenvalue weighted by Crippen LogP contribution is 2.44. The van der Waals surface area contributed by atoms with Crippen molar-refractivity contribution >= 4 is 0 Å². The van der Waals surface area contributed by atoms with E-state index in [9.17, 15) is 0 Å². The van der Waals surface area contributed by atoms with Crippen LogP contribution in [0.3, 0.4) is 0 Å². The van der Waals surface area contributed by atoms with Gasteiger partial charge < -0.3 is 4.74 Å². The smallest absolute Gasteiger partial charge is 0.0666 e. The molecule has 0 aliphatic heterocycles. The molecule has 2 aliphatic rings. The van der Waals surface area contributed by atoms with E-state index in [1.54, 1.807) is 0 Å². The Labute approximate surface area is 167 Å². The van der Waals surface area contributed by atoms with Crippen LogP contribution in [0.15, 0.2) is 42.5 Å². The number of ether oxygens (including phenoxy) is 1. The Hall–Kier alpha value is -1.08. The van der Waals surface area contributed by atoms with Crippen LogP contribution in [0, 0.1) is 17.8 Å². The van der Waals surface area contributed by atoms with Gasteiger partial charge >= 0.3 is 0 Å². The Bertz CT molecular complexity index is 573. The molecule has 1 nitrogen and oxygen atoms in total. The van der Waals surface area contributed by atoms with E-state index in [2.05, 4.69) is 63.3 Å². The van der Waals surface area contributed by atoms with Gasteiger partial charge in [0.1, 0.15) is 0 Å². The van der Waals surface area contributed by atoms with Gasteiger partial charge in [0.15, 0.2) is 0 Å². The second-order valence-electron chi connectivity index (χ2n) is 9.51. The third kappa shape index (κ3) is 5.47. The van der Waals surface area contributed by atoms with Crippen LogP contribution in [-0.4, -0.2) is 12.7 Å². The molecule has 1 aromatic carbocycles. The number of unbranched alkanes of at least 4 members (excludes halogenated alkanes) is 5. The lowest BCUT2D eigenvalue weighted by atomic mass is 9.77. The summed E-state index contributed by atoms with van der Waals surface area (Å²) in [5.41, 5.74) is 1.48. The van der Waals surface area contributed by atoms with Crippen molar-refractivity contribution in [3.8, 4) is 0 Å². The Kier molecular flexibility index (Phi) is 7.58. The van der Waals surface area contributed by atoms with Crippen LogP contribution in [0.4, 0.5) is 0 Å². The topological polar surface area (TPSA) is 9.23 Å². The zero-order valence-electron chi connectivity index (χ0n) is 17.8. The Balaban J connectivity index is 1.56. The first-order chi connectivity index (χ1) is 13.1. The highest BCUT2D eigenvalue weighted by molar-refractivity contribution is 5.25. The van der Waals surface area contributed by atoms with Crippen molar-refractivity contribution in [3.63, 3.8) is 0 Å². The molecule has 0 saturated heterocycles. The minimum atomic E-state index is 0.0676. The fourth-order valence-corrected chi connectivity index (χ4v) is 5.14. The Morgan fingerprint density at radius 2 is 1.70 bits per heavy atom. The summed E-state index contributed by atoms with van der Waals surface area (Å²) in [4.78, 5) is 0. The highest BCUT2D eigenvalue weighted by atomic mass is 16.5. The van der Waals surface area contributed by atoms with Crippen LogP contribution in [0.2, 0.25) is 0 Å². The fourth-order valence-electron chi connectivity index (χ4n) is 5.14. The molecule has 0 heterocycles. The van der Waals surface area contributed by atoms with Crippen molar-refractivity contribution in [3.05, 3.63) is 48.0 Å². The molecule has 1 saturated carbocycles. The Morgan fingerprint density at radius 1 is 0.963 bits per heavy atom. The largest absolute Gasteiger partial charge is 0.377 e. The van der Waals surface area contributed by atoms with Gasteiger partial charge in [0.2, 0.25) is 0 Å². The predicted octanol–water partition coefficient (Wildman–Crippen LogP) is 7.31. The first kappa shape index (κ1) is 20.6. The third-order valence-electron chi connectivity index (χ3n) is 7.07. The van der Waals surface area contributed by atoms with E-state index in [1.165, 1.54) is 63.4 Å². The van der Waals surface area contributed by atoms with Gasteiger partial charge in [-0.25, -0.2) is 0 Å². The molecule has 27 heavy (non-hydrogen) atoms. The second kappa shape index (κ2) is 9.92. The third-order valence-corrected chi connectivity index (χ3v) is 7.07. The van der Waals surface area contributed by atoms with Gasteiger partial charge in [0.25, 0.3) is 0 Å². The minimum Gasteiger partial charge on any atom is -0.377 e. The minimum absolute atomic E-state index is 0.0676. The molecule has 3 rings (SSSR count). The van der Waals surface area contributed by atoms with Gasteiger partial charge in [-0.1, -0.05) is 102 Å². The van der Waals surface area contributed by atoms with E-state index in [0.717, 1.165) is 24.4 Å². The summed E-state index contributed by atoms with van der Waals surface area (Å²) < 4.78 is 6.69. The van der Waals surface area contributed by atoms with Crippen LogP contribution >= 0.6 is 0 Å². The standard InChI is InChI=1S/C26H40O/c1-4-5-6-7-8-12-15-25(26(2,3)24-13-10-9-11-14-24)27-20-23-19-21-16-17-22(23)18-21/h9-11,13-14,16-17,21-23,25H,4-8,12,15,18-20H2,1-3H3. The molecule has 0 aromatic heterocycles. The van der Waals surface area contributed by atoms with Crippen LogP contribution in [-0.2, 0) is 10.2 Å². The van der Waals surface area contributed by atoms with Crippen LogP contribution < -0.4 is 0 Å². The van der Waals surface area contributed by atoms with Gasteiger partial charge in [-0.3, -0.25) is 0 Å². The van der Waals surface area contributed by atoms with Crippen LogP contribution in [0.1, 0.15) is 84.1 Å². The van der Waals surface area contributed by atoms with Gasteiger partial charge in [0, 0.05) is 5.41 Å². The average Bonchev–Trinajstić information content (AvgIpc) is 3.30. The summed E-state index contributed by atoms with van der Waals surface area (Å²) in [7, 11) is 0. The van der Waals surface area contributed by atoms with Crippen molar-refractivity contribution in [2.24, 2.45) is 17.8 Å². The quantitative estimate of drug-likeness (QED) is 0.277. The maximum absolute atomic E-state index is 6.69. The molecule has 4 atom stereocenters. The summed E-state index contributed by atoms with van der Waals surface area (Å²) in [6.07, 6.45) is 17.2. The van der Waals surface area contributed by atoms with E-state index in [0.29, 0.717) is 6.10 Å². The number of rotatable bonds is 12. The SMILES string of the molecule is CCCCCCCCC(OCC1CC2C=CC1C2)C(C)(C)c1ccccc1. The zero-order chi connectivity index (χ0) is 19.1. The van der Waals surface area contributed by atoms with Crippen molar-refractivity contribution in [2.45, 2.75) is 90.1 Å². The van der Waals surface area contributed by atoms with Crippen molar-refractivity contribution in [1.29, 1.82) is 0 Å². The maximum atomic E-state index is 6.69. The van der Waals surface area contributed by atoms with E-state index in [1.807, 2.05) is 0 Å². The maximum Gasteiger partial charge on any atom is 0.0666 e. The highest BCUT2D eigenvalue weighted by Gasteiger charge is 2.38. The molecule has 0 spiro atoms. The molecule has 1 fully saturated rings. The van der Waals surface area contributed by atoms with E-state index >= 15 is 0 Å². The first-order valence-electron chi connectivity index (χ1n) is 11.5. The normalized spacial score (nSPS) is 25.2. The number of fused-ring (bicyclic) bond motifs is 2. The van der Waals surface area contributed by atoms with Gasteiger partial charge in [-0.15, -0.1) is 0 Å². The number of hydrogen-bond acceptors (Lipinski definition) is 1. The van der Waals surface area contributed by atoms with Crippen molar-refractivity contribution in [2.75, 3.05) is 6.61 Å². The second-order valence-corrected chi connectivity index (χ2v) is 9.51. The fraction of sp³-hybridized carbons (Fsp3) is 0.692. The number of allylic oxidation sites excluding steroid dienone is 2. The van der Waals surface area contributed by atoms with Gasteiger partial charge in [-0.05, 0) is 42.6 Å². The zero-order valence-corrected chi connectivity index (χ0v) is 17.8. The molecule has 150 valence electrons. The van der Waals surface area contributed by atoms with Crippen molar-refractivity contribution in [1.82, 2.24) is 0 Å². The predicted molar refractivity (Wildman–Crippen MR) is 116 cm³/mol. The lowest BCUT2D eigenvalue weighted by molar-refractivity contribution is -0.0217. The lowest BCUT2D eigenvalue weighted by Gasteiger charge is -2.36. The molecule has 0 N–H and O–H groups in total. The Morgan fingerprint density at radius 3 is 2.37 bits per heavy atom. The summed E-state index contributed by atoms with van der Waals surface area (Å²) in [6.45, 7) is 8.00. The van der Waals surface area contributed by atoms with Crippen LogP contribution in [0.5, 0.6) is 0 Å². The first-order valence-corrected chi connectivity index (χ1v) is 11.5. The van der Waals surface area contributed by atoms with E-state index in [-0.39, 0.29) is 5.41 Å². The van der Waals surface area contributed by atoms with E-state index < -0.39 is 0 Å². The van der Waals surface area contributed by atoms with Gasteiger partial charge in [-0.2, -0.15) is 0 Å². The molecule has 0 amide bonds. The van der Waals surface area contributed by atoms with Crippen molar-refractivity contribution < 1.29 is 4.74 Å². The molecule has 0 radical (unpaired) electrons. The molecule has 1 aromatic rings. The molecular weight excluding hydrogens is 328 g/mol. The summed E-state index contributed by atoms with van der Waals surface area (Å²) >= 11 is 0. The lowest BCUT2D eigenvalue weighted by Crippen LogP contribution is -2.37. The molecular formula is C26H40O. The molecule has 1 heteroatoms. The summed E-state index contributed by atoms with van der Waals surface area (Å²) in [5.74, 6) is 2.37. The van der Waals surface area contributed by atoms with Gasteiger partial charge in [0.05, 0.1) is 12.7 Å². The molecule has 2 bridgehead atoms. The number of benzene rings is 1. The monoisotopic (exact) mass is 368 g/mol. The molecule has 2 aliphatic carbocycles. The van der Waals surface area contributed by atoms with Crippen LogP contribution in [0.25, 0.3) is 0 Å².